The molecule has 1 aliphatic carbocycles. The molecule has 9 heteroatoms. The van der Waals surface area contributed by atoms with E-state index < -0.39 is 22.1 Å². The van der Waals surface area contributed by atoms with Crippen LogP contribution >= 0.6 is 0 Å². The lowest BCUT2D eigenvalue weighted by Gasteiger charge is -2.18. The van der Waals surface area contributed by atoms with Gasteiger partial charge in [-0.1, -0.05) is 12.8 Å². The number of hydrogen-bond donors (Lipinski definition) is 2. The number of esters is 1. The molecule has 1 saturated carbocycles. The first-order valence-electron chi connectivity index (χ1n) is 9.35. The number of amides is 1. The van der Waals surface area contributed by atoms with Gasteiger partial charge in [0.2, 0.25) is 10.0 Å². The molecular weight excluding hydrogens is 384 g/mol. The maximum absolute atomic E-state index is 12.5. The summed E-state index contributed by atoms with van der Waals surface area (Å²) >= 11 is 0. The smallest absolute Gasteiger partial charge is 0.338 e. The number of methoxy groups -OCH3 is 1. The molecule has 1 aromatic carbocycles. The monoisotopic (exact) mass is 412 g/mol. The van der Waals surface area contributed by atoms with E-state index in [-0.39, 0.29) is 34.2 Å². The van der Waals surface area contributed by atoms with E-state index in [9.17, 15) is 18.0 Å². The predicted octanol–water partition coefficient (Wildman–Crippen LogP) is 1.99. The molecule has 0 aliphatic heterocycles. The zero-order valence-corrected chi connectivity index (χ0v) is 17.5. The normalized spacial score (nSPS) is 16.0. The molecule has 8 nitrogen and oxygen atoms in total. The second-order valence-corrected chi connectivity index (χ2v) is 8.86. The van der Waals surface area contributed by atoms with Crippen LogP contribution < -0.4 is 14.8 Å². The number of rotatable bonds is 8. The fourth-order valence-corrected chi connectivity index (χ4v) is 4.50. The third-order valence-corrected chi connectivity index (χ3v) is 6.11. The number of carbonyl (C=O) groups excluding carboxylic acids is 2. The first-order valence-corrected chi connectivity index (χ1v) is 10.8. The Morgan fingerprint density at radius 2 is 1.79 bits per heavy atom. The third-order valence-electron chi connectivity index (χ3n) is 4.43. The number of hydrogen-bond acceptors (Lipinski definition) is 6. The first kappa shape index (κ1) is 22.2. The Hall–Kier alpha value is -2.13. The van der Waals surface area contributed by atoms with Gasteiger partial charge in [0, 0.05) is 12.1 Å². The van der Waals surface area contributed by atoms with Gasteiger partial charge in [-0.25, -0.2) is 17.9 Å². The SMILES string of the molecule is COc1ccc(C(=O)OC(C)C(=O)NC2CCCC2)cc1S(=O)(=O)NC(C)C. The van der Waals surface area contributed by atoms with Crippen LogP contribution in [0, 0.1) is 0 Å². The van der Waals surface area contributed by atoms with Crippen LogP contribution in [-0.4, -0.2) is 45.6 Å². The quantitative estimate of drug-likeness (QED) is 0.632. The lowest BCUT2D eigenvalue weighted by Crippen LogP contribution is -2.40. The van der Waals surface area contributed by atoms with E-state index >= 15 is 0 Å². The summed E-state index contributed by atoms with van der Waals surface area (Å²) in [7, 11) is -2.54. The average Bonchev–Trinajstić information content (AvgIpc) is 3.12. The summed E-state index contributed by atoms with van der Waals surface area (Å²) in [5.74, 6) is -1.03. The number of sulfonamides is 1. The maximum Gasteiger partial charge on any atom is 0.338 e. The van der Waals surface area contributed by atoms with Crippen LogP contribution in [0.1, 0.15) is 56.8 Å². The van der Waals surface area contributed by atoms with E-state index in [1.807, 2.05) is 0 Å². The molecule has 1 aliphatic rings. The van der Waals surface area contributed by atoms with Crippen LogP contribution in [0.5, 0.6) is 5.75 Å². The van der Waals surface area contributed by atoms with Crippen molar-refractivity contribution in [2.24, 2.45) is 0 Å². The number of benzene rings is 1. The number of ether oxygens (including phenoxy) is 2. The summed E-state index contributed by atoms with van der Waals surface area (Å²) in [6.45, 7) is 4.86. The van der Waals surface area contributed by atoms with Crippen molar-refractivity contribution in [2.45, 2.75) is 69.5 Å². The van der Waals surface area contributed by atoms with Crippen molar-refractivity contribution in [3.63, 3.8) is 0 Å². The van der Waals surface area contributed by atoms with Crippen LogP contribution in [0.2, 0.25) is 0 Å². The van der Waals surface area contributed by atoms with E-state index in [2.05, 4.69) is 10.0 Å². The molecule has 1 amide bonds. The molecule has 0 spiro atoms. The van der Waals surface area contributed by atoms with Gasteiger partial charge in [0.15, 0.2) is 6.10 Å². The molecule has 1 unspecified atom stereocenters. The van der Waals surface area contributed by atoms with E-state index in [0.717, 1.165) is 25.7 Å². The second-order valence-electron chi connectivity index (χ2n) is 7.18. The molecule has 156 valence electrons. The molecule has 28 heavy (non-hydrogen) atoms. The molecule has 0 bridgehead atoms. The van der Waals surface area contributed by atoms with E-state index in [1.54, 1.807) is 13.8 Å². The van der Waals surface area contributed by atoms with Crippen LogP contribution in [0.15, 0.2) is 23.1 Å². The van der Waals surface area contributed by atoms with Crippen LogP contribution in [0.4, 0.5) is 0 Å². The van der Waals surface area contributed by atoms with E-state index in [4.69, 9.17) is 9.47 Å². The standard InChI is InChI=1S/C19H28N2O6S/c1-12(2)21-28(24,25)17-11-14(9-10-16(17)26-4)19(23)27-13(3)18(22)20-15-7-5-6-8-15/h9-13,15,21H,5-8H2,1-4H3,(H,20,22). The topological polar surface area (TPSA) is 111 Å². The molecule has 1 atom stereocenters. The van der Waals surface area contributed by atoms with Crippen molar-refractivity contribution in [1.82, 2.24) is 10.0 Å². The van der Waals surface area contributed by atoms with Crippen molar-refractivity contribution in [1.29, 1.82) is 0 Å². The first-order chi connectivity index (χ1) is 13.1. The van der Waals surface area contributed by atoms with Crippen molar-refractivity contribution in [3.8, 4) is 5.75 Å². The van der Waals surface area contributed by atoms with Crippen molar-refractivity contribution in [3.05, 3.63) is 23.8 Å². The Morgan fingerprint density at radius 3 is 2.36 bits per heavy atom. The predicted molar refractivity (Wildman–Crippen MR) is 104 cm³/mol. The Labute approximate surface area is 166 Å². The highest BCUT2D eigenvalue weighted by Crippen LogP contribution is 2.25. The lowest BCUT2D eigenvalue weighted by atomic mass is 10.2. The van der Waals surface area contributed by atoms with Gasteiger partial charge in [0.25, 0.3) is 5.91 Å². The maximum atomic E-state index is 12.5. The van der Waals surface area contributed by atoms with Gasteiger partial charge < -0.3 is 14.8 Å². The molecular formula is C19H28N2O6S. The van der Waals surface area contributed by atoms with Gasteiger partial charge in [-0.15, -0.1) is 0 Å². The zero-order valence-electron chi connectivity index (χ0n) is 16.7. The van der Waals surface area contributed by atoms with Gasteiger partial charge >= 0.3 is 5.97 Å². The summed E-state index contributed by atoms with van der Waals surface area (Å²) in [5, 5.41) is 2.87. The molecule has 0 aromatic heterocycles. The Bertz CT molecular complexity index is 816. The van der Waals surface area contributed by atoms with Gasteiger partial charge in [-0.3, -0.25) is 4.79 Å². The molecule has 1 fully saturated rings. The summed E-state index contributed by atoms with van der Waals surface area (Å²) in [6.07, 6.45) is 3.02. The minimum absolute atomic E-state index is 0.0189. The summed E-state index contributed by atoms with van der Waals surface area (Å²) in [6, 6.07) is 3.76. The Kier molecular flexibility index (Phi) is 7.42. The molecule has 0 saturated heterocycles. The minimum atomic E-state index is -3.88. The van der Waals surface area contributed by atoms with Crippen LogP contribution in [-0.2, 0) is 19.6 Å². The third kappa shape index (κ3) is 5.68. The fraction of sp³-hybridized carbons (Fsp3) is 0.579. The van der Waals surface area contributed by atoms with E-state index in [1.165, 1.54) is 32.2 Å². The zero-order chi connectivity index (χ0) is 20.9. The lowest BCUT2D eigenvalue weighted by molar-refractivity contribution is -0.129. The highest BCUT2D eigenvalue weighted by atomic mass is 32.2. The fourth-order valence-electron chi connectivity index (χ4n) is 3.06. The number of carbonyl (C=O) groups is 2. The van der Waals surface area contributed by atoms with Crippen LogP contribution in [0.25, 0.3) is 0 Å². The Balaban J connectivity index is 2.14. The van der Waals surface area contributed by atoms with Gasteiger partial charge in [-0.2, -0.15) is 0 Å². The molecule has 2 N–H and O–H groups in total. The van der Waals surface area contributed by atoms with Crippen molar-refractivity contribution < 1.29 is 27.5 Å². The van der Waals surface area contributed by atoms with Crippen molar-refractivity contribution in [2.75, 3.05) is 7.11 Å². The van der Waals surface area contributed by atoms with Gasteiger partial charge in [0.1, 0.15) is 10.6 Å². The molecule has 2 rings (SSSR count). The average molecular weight is 413 g/mol. The van der Waals surface area contributed by atoms with Gasteiger partial charge in [-0.05, 0) is 51.8 Å². The second kappa shape index (κ2) is 9.38. The molecule has 0 heterocycles. The Morgan fingerprint density at radius 1 is 1.14 bits per heavy atom. The number of nitrogens with one attached hydrogen (secondary N) is 2. The minimum Gasteiger partial charge on any atom is -0.495 e. The van der Waals surface area contributed by atoms with E-state index in [0.29, 0.717) is 0 Å². The largest absolute Gasteiger partial charge is 0.495 e. The molecule has 0 radical (unpaired) electrons. The van der Waals surface area contributed by atoms with Crippen molar-refractivity contribution >= 4 is 21.9 Å². The van der Waals surface area contributed by atoms with Crippen LogP contribution in [0.3, 0.4) is 0 Å². The van der Waals surface area contributed by atoms with Gasteiger partial charge in [0.05, 0.1) is 12.7 Å². The summed E-state index contributed by atoms with van der Waals surface area (Å²) in [4.78, 5) is 24.5. The molecule has 1 aromatic rings. The summed E-state index contributed by atoms with van der Waals surface area (Å²) < 4.78 is 37.8. The summed E-state index contributed by atoms with van der Waals surface area (Å²) in [5.41, 5.74) is 0.0189. The highest BCUT2D eigenvalue weighted by molar-refractivity contribution is 7.89. The highest BCUT2D eigenvalue weighted by Gasteiger charge is 2.26.